The first-order valence-electron chi connectivity index (χ1n) is 10.7. The number of nitrogens with two attached hydrogens (primary N) is 1. The van der Waals surface area contributed by atoms with Crippen molar-refractivity contribution in [2.24, 2.45) is 5.73 Å². The summed E-state index contributed by atoms with van der Waals surface area (Å²) in [5.41, 5.74) is 6.07. The van der Waals surface area contributed by atoms with Gasteiger partial charge in [-0.25, -0.2) is 22.8 Å². The number of alkyl halides is 2. The van der Waals surface area contributed by atoms with Gasteiger partial charge in [-0.1, -0.05) is 0 Å². The Hall–Kier alpha value is -3.69. The first kappa shape index (κ1) is 23.5. The van der Waals surface area contributed by atoms with Gasteiger partial charge < -0.3 is 24.5 Å². The highest BCUT2D eigenvalue weighted by atomic mass is 19.3. The zero-order valence-corrected chi connectivity index (χ0v) is 18.6. The number of esters is 1. The molecule has 0 radical (unpaired) electrons. The lowest BCUT2D eigenvalue weighted by Crippen LogP contribution is -2.39. The lowest BCUT2D eigenvalue weighted by atomic mass is 10.0. The van der Waals surface area contributed by atoms with E-state index in [1.807, 2.05) is 0 Å². The first-order chi connectivity index (χ1) is 16.0. The Morgan fingerprint density at radius 2 is 1.76 bits per heavy atom. The van der Waals surface area contributed by atoms with Crippen molar-refractivity contribution in [1.82, 2.24) is 0 Å². The van der Waals surface area contributed by atoms with Crippen LogP contribution in [0.5, 0.6) is 5.75 Å². The predicted octanol–water partition coefficient (Wildman–Crippen LogP) is 5.50. The van der Waals surface area contributed by atoms with Crippen molar-refractivity contribution in [1.29, 1.82) is 0 Å². The molecule has 0 saturated carbocycles. The molecular formula is C24H23F3N2O5. The number of benzene rings is 2. The average molecular weight is 476 g/mol. The van der Waals surface area contributed by atoms with E-state index in [-0.39, 0.29) is 54.3 Å². The quantitative estimate of drug-likeness (QED) is 0.386. The molecule has 3 aromatic rings. The molecule has 7 nitrogen and oxygen atoms in total. The summed E-state index contributed by atoms with van der Waals surface area (Å²) in [5, 5.41) is 0.271. The van der Waals surface area contributed by atoms with Crippen molar-refractivity contribution in [3.8, 4) is 17.1 Å². The highest BCUT2D eigenvalue weighted by Crippen LogP contribution is 2.42. The Kier molecular flexibility index (Phi) is 6.16. The molecule has 1 fully saturated rings. The fraction of sp³-hybridized carbons (Fsp3) is 0.333. The molecule has 1 amide bonds. The second kappa shape index (κ2) is 8.92. The van der Waals surface area contributed by atoms with E-state index in [0.29, 0.717) is 17.0 Å². The number of hydrogen-bond acceptors (Lipinski definition) is 6. The third kappa shape index (κ3) is 4.80. The molecule has 180 valence electrons. The molecule has 0 bridgehead atoms. The van der Waals surface area contributed by atoms with Gasteiger partial charge in [-0.05, 0) is 44.2 Å². The Labute approximate surface area is 193 Å². The van der Waals surface area contributed by atoms with Crippen molar-refractivity contribution in [3.63, 3.8) is 0 Å². The summed E-state index contributed by atoms with van der Waals surface area (Å²) in [4.78, 5) is 25.8. The zero-order valence-electron chi connectivity index (χ0n) is 18.6. The van der Waals surface area contributed by atoms with Crippen LogP contribution in [-0.2, 0) is 4.74 Å². The molecule has 0 atom stereocenters. The highest BCUT2D eigenvalue weighted by Gasteiger charge is 2.35. The smallest absolute Gasteiger partial charge is 0.412 e. The number of carbonyl (C=O) groups excluding carboxylic acids is 2. The van der Waals surface area contributed by atoms with Crippen LogP contribution in [0.4, 0.5) is 23.7 Å². The summed E-state index contributed by atoms with van der Waals surface area (Å²) in [6.45, 7) is 3.82. The number of primary amides is 1. The standard InChI is InChI=1S/C24H23F3N2O5/c1-13(2)32-19-11-16-18(12-17(19)29-9-7-24(26,27)8-10-29)33-21(14-3-5-15(25)6-4-14)20(16)22(30)34-23(28)31/h3-6,11-13H,7-10H2,1-2H3,(H2,28,31). The monoisotopic (exact) mass is 476 g/mol. The van der Waals surface area contributed by atoms with Gasteiger partial charge in [-0.3, -0.25) is 0 Å². The minimum atomic E-state index is -2.73. The third-order valence-electron chi connectivity index (χ3n) is 5.47. The summed E-state index contributed by atoms with van der Waals surface area (Å²) in [6, 6.07) is 8.35. The molecule has 1 aromatic heterocycles. The fourth-order valence-corrected chi connectivity index (χ4v) is 3.93. The van der Waals surface area contributed by atoms with Crippen LogP contribution in [0.3, 0.4) is 0 Å². The number of rotatable bonds is 5. The van der Waals surface area contributed by atoms with E-state index in [0.717, 1.165) is 0 Å². The van der Waals surface area contributed by atoms with E-state index in [1.54, 1.807) is 30.9 Å². The summed E-state index contributed by atoms with van der Waals surface area (Å²) >= 11 is 0. The third-order valence-corrected chi connectivity index (χ3v) is 5.47. The van der Waals surface area contributed by atoms with Crippen LogP contribution in [0, 0.1) is 5.82 Å². The van der Waals surface area contributed by atoms with Gasteiger partial charge >= 0.3 is 12.1 Å². The van der Waals surface area contributed by atoms with Crippen molar-refractivity contribution >= 4 is 28.7 Å². The Morgan fingerprint density at radius 3 is 2.35 bits per heavy atom. The number of piperidine rings is 1. The topological polar surface area (TPSA) is 95.0 Å². The van der Waals surface area contributed by atoms with Gasteiger partial charge in [0.15, 0.2) is 0 Å². The molecule has 0 unspecified atom stereocenters. The summed E-state index contributed by atoms with van der Waals surface area (Å²) in [6.07, 6.45) is -2.16. The fourth-order valence-electron chi connectivity index (χ4n) is 3.93. The number of ether oxygens (including phenoxy) is 2. The molecule has 0 aliphatic carbocycles. The maximum Gasteiger partial charge on any atom is 0.412 e. The van der Waals surface area contributed by atoms with Crippen LogP contribution >= 0.6 is 0 Å². The van der Waals surface area contributed by atoms with E-state index < -0.39 is 23.8 Å². The number of furan rings is 1. The SMILES string of the molecule is CC(C)Oc1cc2c(C(=O)OC(N)=O)c(-c3ccc(F)cc3)oc2cc1N1CCC(F)(F)CC1. The molecule has 2 aromatic carbocycles. The van der Waals surface area contributed by atoms with Crippen molar-refractivity contribution in [2.45, 2.75) is 38.7 Å². The van der Waals surface area contributed by atoms with Crippen LogP contribution in [0.2, 0.25) is 0 Å². The molecule has 10 heteroatoms. The van der Waals surface area contributed by atoms with Crippen molar-refractivity contribution in [2.75, 3.05) is 18.0 Å². The molecule has 1 aliphatic rings. The van der Waals surface area contributed by atoms with Gasteiger partial charge in [0.25, 0.3) is 5.92 Å². The van der Waals surface area contributed by atoms with Gasteiger partial charge in [0.1, 0.15) is 28.5 Å². The Morgan fingerprint density at radius 1 is 1.12 bits per heavy atom. The van der Waals surface area contributed by atoms with Crippen LogP contribution in [0.25, 0.3) is 22.3 Å². The van der Waals surface area contributed by atoms with Gasteiger partial charge in [0, 0.05) is 42.9 Å². The molecule has 2 heterocycles. The molecule has 4 rings (SSSR count). The molecule has 0 spiro atoms. The van der Waals surface area contributed by atoms with E-state index in [2.05, 4.69) is 4.74 Å². The number of fused-ring (bicyclic) bond motifs is 1. The molecule has 34 heavy (non-hydrogen) atoms. The zero-order chi connectivity index (χ0) is 24.6. The lowest BCUT2D eigenvalue weighted by molar-refractivity contribution is -0.0221. The molecule has 1 aliphatic heterocycles. The minimum absolute atomic E-state index is 0.0408. The number of nitrogens with zero attached hydrogens (tertiary/aromatic N) is 1. The van der Waals surface area contributed by atoms with Crippen LogP contribution in [0.1, 0.15) is 37.0 Å². The normalized spacial score (nSPS) is 15.5. The second-order valence-corrected chi connectivity index (χ2v) is 8.35. The van der Waals surface area contributed by atoms with Gasteiger partial charge in [-0.2, -0.15) is 0 Å². The number of halogens is 3. The van der Waals surface area contributed by atoms with Gasteiger partial charge in [0.2, 0.25) is 0 Å². The maximum absolute atomic E-state index is 13.7. The highest BCUT2D eigenvalue weighted by molar-refractivity contribution is 6.12. The average Bonchev–Trinajstić information content (AvgIpc) is 3.11. The largest absolute Gasteiger partial charge is 0.489 e. The van der Waals surface area contributed by atoms with Crippen LogP contribution < -0.4 is 15.4 Å². The minimum Gasteiger partial charge on any atom is -0.489 e. The van der Waals surface area contributed by atoms with E-state index in [4.69, 9.17) is 14.9 Å². The second-order valence-electron chi connectivity index (χ2n) is 8.35. The molecule has 1 saturated heterocycles. The number of amides is 1. The number of anilines is 1. The Bertz CT molecular complexity index is 1230. The number of hydrogen-bond donors (Lipinski definition) is 1. The van der Waals surface area contributed by atoms with Gasteiger partial charge in [-0.15, -0.1) is 0 Å². The van der Waals surface area contributed by atoms with Crippen molar-refractivity contribution in [3.05, 3.63) is 47.8 Å². The van der Waals surface area contributed by atoms with Crippen LogP contribution in [-0.4, -0.2) is 37.2 Å². The van der Waals surface area contributed by atoms with Gasteiger partial charge in [0.05, 0.1) is 11.8 Å². The molecule has 2 N–H and O–H groups in total. The summed E-state index contributed by atoms with van der Waals surface area (Å²) in [7, 11) is 0. The summed E-state index contributed by atoms with van der Waals surface area (Å²) in [5.74, 6) is -3.87. The summed E-state index contributed by atoms with van der Waals surface area (Å²) < 4.78 is 57.4. The van der Waals surface area contributed by atoms with E-state index in [9.17, 15) is 22.8 Å². The predicted molar refractivity (Wildman–Crippen MR) is 119 cm³/mol. The van der Waals surface area contributed by atoms with E-state index >= 15 is 0 Å². The van der Waals surface area contributed by atoms with E-state index in [1.165, 1.54) is 24.3 Å². The Balaban J connectivity index is 1.90. The molecular weight excluding hydrogens is 453 g/mol. The van der Waals surface area contributed by atoms with Crippen molar-refractivity contribution < 1.29 is 36.7 Å². The van der Waals surface area contributed by atoms with Crippen LogP contribution in [0.15, 0.2) is 40.8 Å². The number of carbonyl (C=O) groups is 2. The first-order valence-corrected chi connectivity index (χ1v) is 10.7. The maximum atomic E-state index is 13.7. The lowest BCUT2D eigenvalue weighted by Gasteiger charge is -2.34.